The SMILES string of the molecule is CCC(C)NC(=O)C(C)N(Cc1ccc(C)cc1)C(=O)CN(c1cc(Cl)cc(Cl)c1)S(=O)(=O)c1ccccc1. The second-order valence-electron chi connectivity index (χ2n) is 9.45. The number of aryl methyl sites for hydroxylation is 1. The van der Waals surface area contributed by atoms with Gasteiger partial charge in [-0.25, -0.2) is 8.42 Å². The van der Waals surface area contributed by atoms with E-state index in [1.54, 1.807) is 25.1 Å². The first-order chi connectivity index (χ1) is 18.4. The van der Waals surface area contributed by atoms with Crippen LogP contribution < -0.4 is 9.62 Å². The number of nitrogens with one attached hydrogen (secondary N) is 1. The highest BCUT2D eigenvalue weighted by atomic mass is 35.5. The minimum Gasteiger partial charge on any atom is -0.352 e. The summed E-state index contributed by atoms with van der Waals surface area (Å²) in [5.41, 5.74) is 1.99. The van der Waals surface area contributed by atoms with E-state index in [1.807, 2.05) is 45.0 Å². The topological polar surface area (TPSA) is 86.8 Å². The van der Waals surface area contributed by atoms with E-state index in [9.17, 15) is 18.0 Å². The number of amides is 2. The number of carbonyl (C=O) groups excluding carboxylic acids is 2. The summed E-state index contributed by atoms with van der Waals surface area (Å²) in [5, 5.41) is 3.35. The second-order valence-corrected chi connectivity index (χ2v) is 12.2. The number of halogens is 2. The smallest absolute Gasteiger partial charge is 0.264 e. The molecule has 0 aliphatic carbocycles. The molecule has 2 atom stereocenters. The Bertz CT molecular complexity index is 1380. The van der Waals surface area contributed by atoms with E-state index < -0.39 is 28.5 Å². The van der Waals surface area contributed by atoms with Crippen molar-refractivity contribution in [3.8, 4) is 0 Å². The number of anilines is 1. The van der Waals surface area contributed by atoms with E-state index in [4.69, 9.17) is 23.2 Å². The summed E-state index contributed by atoms with van der Waals surface area (Å²) in [4.78, 5) is 28.4. The molecular weight excluding hydrogens is 557 g/mol. The summed E-state index contributed by atoms with van der Waals surface area (Å²) in [6.45, 7) is 6.97. The Labute approximate surface area is 240 Å². The normalized spacial score (nSPS) is 12.9. The van der Waals surface area contributed by atoms with Crippen LogP contribution in [-0.4, -0.2) is 43.8 Å². The van der Waals surface area contributed by atoms with Gasteiger partial charge < -0.3 is 10.2 Å². The number of rotatable bonds is 11. The lowest BCUT2D eigenvalue weighted by molar-refractivity contribution is -0.139. The largest absolute Gasteiger partial charge is 0.352 e. The molecular formula is C29H33Cl2N3O4S. The average molecular weight is 591 g/mol. The van der Waals surface area contributed by atoms with Crippen molar-refractivity contribution in [2.24, 2.45) is 0 Å². The molecule has 0 saturated carbocycles. The number of hydrogen-bond acceptors (Lipinski definition) is 4. The van der Waals surface area contributed by atoms with Crippen molar-refractivity contribution < 1.29 is 18.0 Å². The van der Waals surface area contributed by atoms with Crippen molar-refractivity contribution in [1.82, 2.24) is 10.2 Å². The van der Waals surface area contributed by atoms with E-state index in [1.165, 1.54) is 35.2 Å². The van der Waals surface area contributed by atoms with Crippen molar-refractivity contribution >= 4 is 50.7 Å². The number of sulfonamides is 1. The van der Waals surface area contributed by atoms with Gasteiger partial charge in [-0.3, -0.25) is 13.9 Å². The zero-order valence-corrected chi connectivity index (χ0v) is 24.7. The molecule has 0 saturated heterocycles. The number of benzene rings is 3. The van der Waals surface area contributed by atoms with Gasteiger partial charge in [-0.2, -0.15) is 0 Å². The predicted octanol–water partition coefficient (Wildman–Crippen LogP) is 5.83. The molecule has 3 aromatic rings. The Hall–Kier alpha value is -3.07. The van der Waals surface area contributed by atoms with E-state index in [-0.39, 0.29) is 39.1 Å². The van der Waals surface area contributed by atoms with Crippen LogP contribution in [0, 0.1) is 6.92 Å². The van der Waals surface area contributed by atoms with Crippen molar-refractivity contribution in [3.05, 3.63) is 94.0 Å². The van der Waals surface area contributed by atoms with Crippen molar-refractivity contribution in [3.63, 3.8) is 0 Å². The zero-order chi connectivity index (χ0) is 28.7. The summed E-state index contributed by atoms with van der Waals surface area (Å²) in [5.74, 6) is -0.883. The van der Waals surface area contributed by atoms with Gasteiger partial charge in [0.25, 0.3) is 10.0 Å². The highest BCUT2D eigenvalue weighted by Gasteiger charge is 2.33. The third kappa shape index (κ3) is 7.97. The molecule has 0 bridgehead atoms. The van der Waals surface area contributed by atoms with Crippen LogP contribution in [0.5, 0.6) is 0 Å². The monoisotopic (exact) mass is 589 g/mol. The van der Waals surface area contributed by atoms with Crippen LogP contribution in [0.25, 0.3) is 0 Å². The first-order valence-corrected chi connectivity index (χ1v) is 14.8. The molecule has 0 aromatic heterocycles. The lowest BCUT2D eigenvalue weighted by Gasteiger charge is -2.32. The van der Waals surface area contributed by atoms with Crippen LogP contribution in [0.2, 0.25) is 10.0 Å². The van der Waals surface area contributed by atoms with Gasteiger partial charge in [0, 0.05) is 22.6 Å². The summed E-state index contributed by atoms with van der Waals surface area (Å²) in [6.07, 6.45) is 0.725. The average Bonchev–Trinajstić information content (AvgIpc) is 2.90. The van der Waals surface area contributed by atoms with Gasteiger partial charge >= 0.3 is 0 Å². The summed E-state index contributed by atoms with van der Waals surface area (Å²) >= 11 is 12.4. The number of nitrogens with zero attached hydrogens (tertiary/aromatic N) is 2. The zero-order valence-electron chi connectivity index (χ0n) is 22.4. The van der Waals surface area contributed by atoms with Crippen molar-refractivity contribution in [2.75, 3.05) is 10.8 Å². The standard InChI is InChI=1S/C29H33Cl2N3O4S/c1-5-21(3)32-29(36)22(4)33(18-23-13-11-20(2)12-14-23)28(35)19-34(26-16-24(30)15-25(31)17-26)39(37,38)27-9-7-6-8-10-27/h6-17,21-22H,5,18-19H2,1-4H3,(H,32,36). The van der Waals surface area contributed by atoms with Crippen LogP contribution in [0.15, 0.2) is 77.7 Å². The third-order valence-electron chi connectivity index (χ3n) is 6.39. The molecule has 2 unspecified atom stereocenters. The second kappa shape index (κ2) is 13.3. The molecule has 7 nitrogen and oxygen atoms in total. The quantitative estimate of drug-likeness (QED) is 0.305. The Kier molecular flexibility index (Phi) is 10.4. The van der Waals surface area contributed by atoms with Crippen LogP contribution in [0.3, 0.4) is 0 Å². The number of hydrogen-bond donors (Lipinski definition) is 1. The van der Waals surface area contributed by atoms with Gasteiger partial charge in [-0.05, 0) is 63.1 Å². The van der Waals surface area contributed by atoms with Crippen LogP contribution >= 0.6 is 23.2 Å². The fourth-order valence-electron chi connectivity index (χ4n) is 3.87. The maximum atomic E-state index is 13.9. The molecule has 2 amide bonds. The summed E-state index contributed by atoms with van der Waals surface area (Å²) in [6, 6.07) is 18.8. The molecule has 0 aliphatic heterocycles. The maximum Gasteiger partial charge on any atom is 0.264 e. The molecule has 0 radical (unpaired) electrons. The molecule has 208 valence electrons. The highest BCUT2D eigenvalue weighted by molar-refractivity contribution is 7.92. The summed E-state index contributed by atoms with van der Waals surface area (Å²) < 4.78 is 28.6. The van der Waals surface area contributed by atoms with Crippen LogP contribution in [-0.2, 0) is 26.2 Å². The molecule has 0 fully saturated rings. The fraction of sp³-hybridized carbons (Fsp3) is 0.310. The first kappa shape index (κ1) is 30.5. The predicted molar refractivity (Wildman–Crippen MR) is 157 cm³/mol. The molecule has 10 heteroatoms. The number of carbonyl (C=O) groups is 2. The molecule has 1 N–H and O–H groups in total. The van der Waals surface area contributed by atoms with Crippen LogP contribution in [0.4, 0.5) is 5.69 Å². The third-order valence-corrected chi connectivity index (χ3v) is 8.61. The van der Waals surface area contributed by atoms with Gasteiger partial charge in [0.1, 0.15) is 12.6 Å². The van der Waals surface area contributed by atoms with E-state index in [2.05, 4.69) is 5.32 Å². The Morgan fingerprint density at radius 3 is 2.08 bits per heavy atom. The van der Waals surface area contributed by atoms with Gasteiger partial charge in [-0.1, -0.05) is 78.2 Å². The molecule has 3 rings (SSSR count). The van der Waals surface area contributed by atoms with Crippen molar-refractivity contribution in [2.45, 2.75) is 57.6 Å². The molecule has 0 spiro atoms. The van der Waals surface area contributed by atoms with Crippen molar-refractivity contribution in [1.29, 1.82) is 0 Å². The molecule has 0 heterocycles. The Morgan fingerprint density at radius 1 is 0.923 bits per heavy atom. The summed E-state index contributed by atoms with van der Waals surface area (Å²) in [7, 11) is -4.20. The van der Waals surface area contributed by atoms with Gasteiger partial charge in [-0.15, -0.1) is 0 Å². The van der Waals surface area contributed by atoms with Gasteiger partial charge in [0.05, 0.1) is 10.6 Å². The molecule has 39 heavy (non-hydrogen) atoms. The minimum atomic E-state index is -4.20. The first-order valence-electron chi connectivity index (χ1n) is 12.6. The maximum absolute atomic E-state index is 13.9. The fourth-order valence-corrected chi connectivity index (χ4v) is 5.80. The Morgan fingerprint density at radius 2 is 1.51 bits per heavy atom. The van der Waals surface area contributed by atoms with Gasteiger partial charge in [0.15, 0.2) is 0 Å². The van der Waals surface area contributed by atoms with Gasteiger partial charge in [0.2, 0.25) is 11.8 Å². The highest BCUT2D eigenvalue weighted by Crippen LogP contribution is 2.30. The van der Waals surface area contributed by atoms with E-state index >= 15 is 0 Å². The minimum absolute atomic E-state index is 0.00143. The molecule has 3 aromatic carbocycles. The molecule has 0 aliphatic rings. The lowest BCUT2D eigenvalue weighted by atomic mass is 10.1. The lowest BCUT2D eigenvalue weighted by Crippen LogP contribution is -2.52. The van der Waals surface area contributed by atoms with Crippen LogP contribution in [0.1, 0.15) is 38.3 Å². The Balaban J connectivity index is 2.04. The van der Waals surface area contributed by atoms with E-state index in [0.29, 0.717) is 0 Å². The van der Waals surface area contributed by atoms with E-state index in [0.717, 1.165) is 21.9 Å².